The van der Waals surface area contributed by atoms with Crippen molar-refractivity contribution in [3.63, 3.8) is 0 Å². The molecule has 4 rings (SSSR count). The number of hydrogen-bond acceptors (Lipinski definition) is 1. The van der Waals surface area contributed by atoms with Crippen molar-refractivity contribution in [3.05, 3.63) is 24.3 Å². The van der Waals surface area contributed by atoms with E-state index in [0.29, 0.717) is 11.3 Å². The average molecular weight is 300 g/mol. The lowest BCUT2D eigenvalue weighted by molar-refractivity contribution is -0.0984. The van der Waals surface area contributed by atoms with E-state index >= 15 is 0 Å². The monoisotopic (exact) mass is 300 g/mol. The van der Waals surface area contributed by atoms with E-state index in [4.69, 9.17) is 0 Å². The second-order valence-electron chi connectivity index (χ2n) is 9.09. The normalized spacial score (nSPS) is 54.0. The van der Waals surface area contributed by atoms with Crippen molar-refractivity contribution in [2.24, 2.45) is 28.6 Å². The number of allylic oxidation sites excluding steroid dienone is 2. The van der Waals surface area contributed by atoms with Crippen LogP contribution in [0.5, 0.6) is 0 Å². The predicted octanol–water partition coefficient (Wildman–Crippen LogP) is 5.26. The van der Waals surface area contributed by atoms with Gasteiger partial charge in [-0.2, -0.15) is 0 Å². The van der Waals surface area contributed by atoms with E-state index in [9.17, 15) is 5.11 Å². The van der Waals surface area contributed by atoms with Crippen LogP contribution in [0.2, 0.25) is 0 Å². The summed E-state index contributed by atoms with van der Waals surface area (Å²) in [5, 5.41) is 11.1. The van der Waals surface area contributed by atoms with Gasteiger partial charge in [-0.05, 0) is 74.5 Å². The van der Waals surface area contributed by atoms with Crippen LogP contribution in [-0.4, -0.2) is 10.7 Å². The second-order valence-corrected chi connectivity index (χ2v) is 9.09. The molecule has 0 spiro atoms. The van der Waals surface area contributed by atoms with E-state index in [1.807, 2.05) is 6.08 Å². The van der Waals surface area contributed by atoms with E-state index < -0.39 is 5.60 Å². The molecule has 0 radical (unpaired) electrons. The van der Waals surface area contributed by atoms with Crippen LogP contribution >= 0.6 is 0 Å². The van der Waals surface area contributed by atoms with Crippen LogP contribution in [0.3, 0.4) is 0 Å². The van der Waals surface area contributed by atoms with Crippen molar-refractivity contribution in [2.75, 3.05) is 0 Å². The van der Waals surface area contributed by atoms with Gasteiger partial charge in [-0.25, -0.2) is 0 Å². The third kappa shape index (κ3) is 1.70. The summed E-state index contributed by atoms with van der Waals surface area (Å²) in [5.74, 6) is 2.34. The first-order valence-corrected chi connectivity index (χ1v) is 9.50. The van der Waals surface area contributed by atoms with Crippen molar-refractivity contribution in [3.8, 4) is 0 Å². The van der Waals surface area contributed by atoms with Crippen LogP contribution in [0.25, 0.3) is 0 Å². The molecule has 1 nitrogen and oxygen atoms in total. The average Bonchev–Trinajstić information content (AvgIpc) is 2.79. The molecule has 3 fully saturated rings. The first kappa shape index (κ1) is 15.0. The molecular formula is C21H32O. The molecule has 1 heteroatoms. The lowest BCUT2D eigenvalue weighted by atomic mass is 9.47. The van der Waals surface area contributed by atoms with Crippen LogP contribution < -0.4 is 0 Å². The van der Waals surface area contributed by atoms with Crippen LogP contribution in [0, 0.1) is 28.6 Å². The third-order valence-corrected chi connectivity index (χ3v) is 8.57. The highest BCUT2D eigenvalue weighted by Crippen LogP contribution is 2.67. The van der Waals surface area contributed by atoms with Crippen molar-refractivity contribution in [1.82, 2.24) is 0 Å². The van der Waals surface area contributed by atoms with E-state index in [0.717, 1.165) is 18.3 Å². The van der Waals surface area contributed by atoms with Gasteiger partial charge in [0.15, 0.2) is 0 Å². The van der Waals surface area contributed by atoms with Crippen molar-refractivity contribution < 1.29 is 5.11 Å². The highest BCUT2D eigenvalue weighted by atomic mass is 16.3. The molecule has 0 aromatic carbocycles. The Morgan fingerprint density at radius 3 is 2.68 bits per heavy atom. The Hall–Kier alpha value is -0.560. The zero-order valence-corrected chi connectivity index (χ0v) is 14.4. The molecule has 0 bridgehead atoms. The van der Waals surface area contributed by atoms with Gasteiger partial charge in [0.25, 0.3) is 0 Å². The molecule has 22 heavy (non-hydrogen) atoms. The Balaban J connectivity index is 1.71. The summed E-state index contributed by atoms with van der Waals surface area (Å²) < 4.78 is 0. The molecule has 122 valence electrons. The van der Waals surface area contributed by atoms with Crippen LogP contribution in [0.15, 0.2) is 24.3 Å². The van der Waals surface area contributed by atoms with E-state index in [-0.39, 0.29) is 5.41 Å². The second kappa shape index (κ2) is 4.72. The minimum absolute atomic E-state index is 0.0618. The molecule has 4 aliphatic carbocycles. The molecule has 1 N–H and O–H groups in total. The van der Waals surface area contributed by atoms with Crippen LogP contribution in [0.4, 0.5) is 0 Å². The maximum atomic E-state index is 11.1. The Morgan fingerprint density at radius 2 is 1.91 bits per heavy atom. The third-order valence-electron chi connectivity index (χ3n) is 8.57. The largest absolute Gasteiger partial charge is 0.385 e. The van der Waals surface area contributed by atoms with Gasteiger partial charge in [0, 0.05) is 5.41 Å². The Kier molecular flexibility index (Phi) is 3.22. The van der Waals surface area contributed by atoms with Crippen molar-refractivity contribution in [2.45, 2.75) is 77.2 Å². The predicted molar refractivity (Wildman–Crippen MR) is 91.5 cm³/mol. The van der Waals surface area contributed by atoms with Crippen molar-refractivity contribution >= 4 is 0 Å². The fourth-order valence-corrected chi connectivity index (χ4v) is 7.08. The summed E-state index contributed by atoms with van der Waals surface area (Å²) in [5.41, 5.74) is 1.68. The minimum atomic E-state index is -0.625. The molecule has 4 aliphatic rings. The highest BCUT2D eigenvalue weighted by Gasteiger charge is 2.62. The van der Waals surface area contributed by atoms with E-state index in [1.54, 1.807) is 5.57 Å². The van der Waals surface area contributed by atoms with Gasteiger partial charge in [0.1, 0.15) is 0 Å². The summed E-state index contributed by atoms with van der Waals surface area (Å²) in [6, 6.07) is 0. The standard InChI is InChI=1S/C21H32O/c1-4-21(22)14-11-18-16-9-8-15-7-5-6-12-19(15,2)17(16)10-13-20(18,21)3/h4,8,16-18,22H,1,5-7,9-14H2,2-3H3/t16-,17+,18+,19+,20+,21+/m1/s1. The fourth-order valence-electron chi connectivity index (χ4n) is 7.08. The molecule has 0 aromatic heterocycles. The van der Waals surface area contributed by atoms with Gasteiger partial charge in [0.05, 0.1) is 5.60 Å². The Labute approximate surface area is 135 Å². The van der Waals surface area contributed by atoms with E-state index in [1.165, 1.54) is 51.4 Å². The summed E-state index contributed by atoms with van der Waals surface area (Å²) >= 11 is 0. The van der Waals surface area contributed by atoms with Gasteiger partial charge in [-0.1, -0.05) is 38.0 Å². The highest BCUT2D eigenvalue weighted by molar-refractivity contribution is 5.26. The lowest BCUT2D eigenvalue weighted by Crippen LogP contribution is -2.53. The molecule has 0 saturated heterocycles. The van der Waals surface area contributed by atoms with Gasteiger partial charge < -0.3 is 5.11 Å². The van der Waals surface area contributed by atoms with Crippen LogP contribution in [0.1, 0.15) is 71.6 Å². The molecule has 0 amide bonds. The maximum Gasteiger partial charge on any atom is 0.0881 e. The zero-order valence-electron chi connectivity index (χ0n) is 14.4. The first-order valence-electron chi connectivity index (χ1n) is 9.50. The smallest absolute Gasteiger partial charge is 0.0881 e. The molecular weight excluding hydrogens is 268 g/mol. The quantitative estimate of drug-likeness (QED) is 0.655. The van der Waals surface area contributed by atoms with E-state index in [2.05, 4.69) is 26.5 Å². The van der Waals surface area contributed by atoms with Gasteiger partial charge >= 0.3 is 0 Å². The summed E-state index contributed by atoms with van der Waals surface area (Å²) in [7, 11) is 0. The van der Waals surface area contributed by atoms with Gasteiger partial charge in [-0.15, -0.1) is 6.58 Å². The van der Waals surface area contributed by atoms with Crippen molar-refractivity contribution in [1.29, 1.82) is 0 Å². The minimum Gasteiger partial charge on any atom is -0.385 e. The molecule has 0 aliphatic heterocycles. The molecule has 0 heterocycles. The lowest BCUT2D eigenvalue weighted by Gasteiger charge is -2.58. The first-order chi connectivity index (χ1) is 10.4. The Morgan fingerprint density at radius 1 is 1.14 bits per heavy atom. The summed E-state index contributed by atoms with van der Waals surface area (Å²) in [6.07, 6.45) is 15.9. The molecule has 0 aromatic rings. The summed E-state index contributed by atoms with van der Waals surface area (Å²) in [6.45, 7) is 8.89. The molecule has 6 atom stereocenters. The zero-order chi connectivity index (χ0) is 15.6. The topological polar surface area (TPSA) is 20.2 Å². The SMILES string of the molecule is C=C[C@]1(O)CC[C@H]2[C@@H]3CC=C4CCCC[C@]4(C)[C@H]3CC[C@@]21C. The number of aliphatic hydroxyl groups is 1. The van der Waals surface area contributed by atoms with Crippen LogP contribution in [-0.2, 0) is 0 Å². The molecule has 3 saturated carbocycles. The van der Waals surface area contributed by atoms with Gasteiger partial charge in [0.2, 0.25) is 0 Å². The number of rotatable bonds is 1. The number of fused-ring (bicyclic) bond motifs is 5. The van der Waals surface area contributed by atoms with Gasteiger partial charge in [-0.3, -0.25) is 0 Å². The maximum absolute atomic E-state index is 11.1. The fraction of sp³-hybridized carbons (Fsp3) is 0.810. The summed E-state index contributed by atoms with van der Waals surface area (Å²) in [4.78, 5) is 0. The molecule has 0 unspecified atom stereocenters. The number of hydrogen-bond donors (Lipinski definition) is 1. The Bertz CT molecular complexity index is 520.